The summed E-state index contributed by atoms with van der Waals surface area (Å²) in [4.78, 5) is 9.23. The van der Waals surface area contributed by atoms with Crippen LogP contribution in [0.5, 0.6) is 0 Å². The number of hydrogen-bond donors (Lipinski definition) is 2. The Morgan fingerprint density at radius 3 is 2.54 bits per heavy atom. The number of anilines is 2. The summed E-state index contributed by atoms with van der Waals surface area (Å²) in [6, 6.07) is 7.60. The normalized spacial score (nSPS) is 11.9. The smallest absolute Gasteiger partial charge is 0.322 e. The number of aromatic amines is 1. The molecule has 0 saturated heterocycles. The van der Waals surface area contributed by atoms with Crippen molar-refractivity contribution in [1.82, 2.24) is 20.2 Å². The van der Waals surface area contributed by atoms with Gasteiger partial charge in [-0.25, -0.2) is 14.4 Å². The van der Waals surface area contributed by atoms with Gasteiger partial charge in [0.2, 0.25) is 5.82 Å². The number of H-pyrrole nitrogens is 1. The van der Waals surface area contributed by atoms with Crippen molar-refractivity contribution in [3.63, 3.8) is 0 Å². The quantitative estimate of drug-likeness (QED) is 0.474. The van der Waals surface area contributed by atoms with E-state index in [-0.39, 0.29) is 11.4 Å². The molecule has 4 aromatic rings. The minimum Gasteiger partial charge on any atom is -0.322 e. The zero-order chi connectivity index (χ0) is 19.9. The molecule has 3 aromatic heterocycles. The Labute approximate surface area is 162 Å². The first-order valence-electron chi connectivity index (χ1n) is 8.60. The Morgan fingerprint density at radius 1 is 1.14 bits per heavy atom. The standard InChI is InChI=1S/C19H16F3N5S/c1-3-13-9-14-16(28-13)17(24-15-8-10(2)26-27-15)25-18(23-14)19(21,22)11-4-6-12(20)7-5-11/h4-9H,3H2,1-2H3,(H2,23,24,25,26,27). The SMILES string of the molecule is CCc1cc2nc(C(F)(F)c3ccc(F)cc3)nc(Nc3cc(C)[nH]n3)c2s1. The second-order valence-electron chi connectivity index (χ2n) is 6.32. The maximum atomic E-state index is 15.1. The van der Waals surface area contributed by atoms with Crippen LogP contribution in [0, 0.1) is 12.7 Å². The maximum absolute atomic E-state index is 15.1. The number of nitrogens with zero attached hydrogens (tertiary/aromatic N) is 3. The van der Waals surface area contributed by atoms with Gasteiger partial charge in [0.15, 0.2) is 11.6 Å². The Kier molecular flexibility index (Phi) is 4.54. The van der Waals surface area contributed by atoms with E-state index in [0.717, 1.165) is 41.3 Å². The van der Waals surface area contributed by atoms with Gasteiger partial charge in [-0.2, -0.15) is 13.9 Å². The number of nitrogens with one attached hydrogen (secondary N) is 2. The number of halogens is 3. The predicted octanol–water partition coefficient (Wildman–Crippen LogP) is 5.31. The van der Waals surface area contributed by atoms with E-state index in [4.69, 9.17) is 0 Å². The Bertz CT molecular complexity index is 1130. The fourth-order valence-electron chi connectivity index (χ4n) is 2.77. The van der Waals surface area contributed by atoms with Crippen molar-refractivity contribution in [3.8, 4) is 0 Å². The highest BCUT2D eigenvalue weighted by atomic mass is 32.1. The molecule has 0 unspecified atom stereocenters. The van der Waals surface area contributed by atoms with Crippen molar-refractivity contribution < 1.29 is 13.2 Å². The predicted molar refractivity (Wildman–Crippen MR) is 103 cm³/mol. The van der Waals surface area contributed by atoms with Crippen LogP contribution in [0.3, 0.4) is 0 Å². The van der Waals surface area contributed by atoms with Crippen LogP contribution in [0.15, 0.2) is 36.4 Å². The van der Waals surface area contributed by atoms with Crippen LogP contribution in [-0.4, -0.2) is 20.2 Å². The fraction of sp³-hybridized carbons (Fsp3) is 0.211. The lowest BCUT2D eigenvalue weighted by Gasteiger charge is -2.16. The summed E-state index contributed by atoms with van der Waals surface area (Å²) in [6.45, 7) is 3.82. The van der Waals surface area contributed by atoms with Crippen molar-refractivity contribution in [3.05, 3.63) is 64.2 Å². The van der Waals surface area contributed by atoms with Crippen LogP contribution in [0.2, 0.25) is 0 Å². The number of aromatic nitrogens is 4. The number of fused-ring (bicyclic) bond motifs is 1. The molecule has 0 aliphatic rings. The molecule has 0 amide bonds. The first-order chi connectivity index (χ1) is 13.4. The van der Waals surface area contributed by atoms with E-state index >= 15 is 8.78 Å². The molecule has 0 atom stereocenters. The van der Waals surface area contributed by atoms with Crippen LogP contribution in [0.1, 0.15) is 28.9 Å². The number of alkyl halides is 2. The Balaban J connectivity index is 1.85. The second-order valence-corrected chi connectivity index (χ2v) is 7.46. The molecule has 0 aliphatic heterocycles. The van der Waals surface area contributed by atoms with E-state index < -0.39 is 17.6 Å². The molecule has 4 rings (SSSR count). The van der Waals surface area contributed by atoms with Gasteiger partial charge in [0, 0.05) is 22.2 Å². The lowest BCUT2D eigenvalue weighted by Crippen LogP contribution is -2.20. The first-order valence-corrected chi connectivity index (χ1v) is 9.42. The number of rotatable bonds is 5. The molecule has 144 valence electrons. The van der Waals surface area contributed by atoms with E-state index in [1.54, 1.807) is 12.1 Å². The van der Waals surface area contributed by atoms with Crippen LogP contribution in [0.25, 0.3) is 10.2 Å². The molecule has 0 spiro atoms. The van der Waals surface area contributed by atoms with E-state index in [2.05, 4.69) is 25.5 Å². The number of aryl methyl sites for hydroxylation is 2. The third-order valence-corrected chi connectivity index (χ3v) is 5.49. The molecule has 0 bridgehead atoms. The molecular weight excluding hydrogens is 387 g/mol. The highest BCUT2D eigenvalue weighted by Crippen LogP contribution is 2.38. The second kappa shape index (κ2) is 6.90. The zero-order valence-electron chi connectivity index (χ0n) is 15.1. The van der Waals surface area contributed by atoms with Gasteiger partial charge in [0.1, 0.15) is 5.82 Å². The van der Waals surface area contributed by atoms with Crippen LogP contribution in [-0.2, 0) is 12.3 Å². The van der Waals surface area contributed by atoms with E-state index in [1.165, 1.54) is 11.3 Å². The van der Waals surface area contributed by atoms with Crippen molar-refractivity contribution >= 4 is 33.2 Å². The average Bonchev–Trinajstić information content (AvgIpc) is 3.27. The number of benzene rings is 1. The zero-order valence-corrected chi connectivity index (χ0v) is 15.9. The molecule has 0 aliphatic carbocycles. The average molecular weight is 403 g/mol. The first kappa shape index (κ1) is 18.4. The molecule has 9 heteroatoms. The molecule has 0 saturated carbocycles. The summed E-state index contributed by atoms with van der Waals surface area (Å²) in [5.41, 5.74) is 0.884. The van der Waals surface area contributed by atoms with Crippen molar-refractivity contribution in [1.29, 1.82) is 0 Å². The molecule has 0 radical (unpaired) electrons. The summed E-state index contributed by atoms with van der Waals surface area (Å²) in [7, 11) is 0. The van der Waals surface area contributed by atoms with Crippen LogP contribution >= 0.6 is 11.3 Å². The molecule has 2 N–H and O–H groups in total. The third kappa shape index (κ3) is 3.33. The van der Waals surface area contributed by atoms with Crippen molar-refractivity contribution in [2.24, 2.45) is 0 Å². The Morgan fingerprint density at radius 2 is 1.89 bits per heavy atom. The van der Waals surface area contributed by atoms with Crippen molar-refractivity contribution in [2.45, 2.75) is 26.2 Å². The molecule has 3 heterocycles. The molecule has 5 nitrogen and oxygen atoms in total. The minimum atomic E-state index is -3.48. The number of thiophene rings is 1. The van der Waals surface area contributed by atoms with Gasteiger partial charge in [0.05, 0.1) is 10.2 Å². The summed E-state index contributed by atoms with van der Waals surface area (Å²) in [6.07, 6.45) is 0.756. The van der Waals surface area contributed by atoms with Gasteiger partial charge in [-0.1, -0.05) is 6.92 Å². The topological polar surface area (TPSA) is 66.5 Å². The fourth-order valence-corrected chi connectivity index (χ4v) is 3.75. The van der Waals surface area contributed by atoms with Gasteiger partial charge in [-0.05, 0) is 43.7 Å². The van der Waals surface area contributed by atoms with Gasteiger partial charge >= 0.3 is 5.92 Å². The van der Waals surface area contributed by atoms with Gasteiger partial charge < -0.3 is 5.32 Å². The maximum Gasteiger partial charge on any atom is 0.331 e. The Hall–Kier alpha value is -2.94. The molecule has 28 heavy (non-hydrogen) atoms. The van der Waals surface area contributed by atoms with E-state index in [1.807, 2.05) is 13.8 Å². The van der Waals surface area contributed by atoms with Gasteiger partial charge in [-0.15, -0.1) is 11.3 Å². The van der Waals surface area contributed by atoms with Gasteiger partial charge in [0.25, 0.3) is 0 Å². The molecule has 1 aromatic carbocycles. The molecule has 0 fully saturated rings. The largest absolute Gasteiger partial charge is 0.331 e. The highest BCUT2D eigenvalue weighted by molar-refractivity contribution is 7.19. The van der Waals surface area contributed by atoms with Gasteiger partial charge in [-0.3, -0.25) is 5.10 Å². The molecular formula is C19H16F3N5S. The number of hydrogen-bond acceptors (Lipinski definition) is 5. The van der Waals surface area contributed by atoms with E-state index in [9.17, 15) is 4.39 Å². The lowest BCUT2D eigenvalue weighted by molar-refractivity contribution is 0.0333. The highest BCUT2D eigenvalue weighted by Gasteiger charge is 2.38. The summed E-state index contributed by atoms with van der Waals surface area (Å²) < 4.78 is 43.9. The minimum absolute atomic E-state index is 0.262. The monoisotopic (exact) mass is 403 g/mol. The summed E-state index contributed by atoms with van der Waals surface area (Å²) in [5.74, 6) is -3.98. The van der Waals surface area contributed by atoms with Crippen LogP contribution in [0.4, 0.5) is 24.8 Å². The summed E-state index contributed by atoms with van der Waals surface area (Å²) in [5, 5.41) is 9.88. The summed E-state index contributed by atoms with van der Waals surface area (Å²) >= 11 is 1.45. The third-order valence-electron chi connectivity index (χ3n) is 4.21. The van der Waals surface area contributed by atoms with Crippen molar-refractivity contribution in [2.75, 3.05) is 5.32 Å². The van der Waals surface area contributed by atoms with Crippen LogP contribution < -0.4 is 5.32 Å². The van der Waals surface area contributed by atoms with E-state index in [0.29, 0.717) is 16.0 Å². The lowest BCUT2D eigenvalue weighted by atomic mass is 10.1.